The minimum Gasteiger partial charge on any atom is -0.320 e. The SMILES string of the molecule is O=C(Nc1c(-c2ccccc2)nc2ccc(Cl)cc2c1-c1ccccc1F)c1ccccc1. The average molecular weight is 453 g/mol. The molecule has 0 radical (unpaired) electrons. The van der Waals surface area contributed by atoms with Crippen LogP contribution in [0.5, 0.6) is 0 Å². The number of hydrogen-bond acceptors (Lipinski definition) is 2. The van der Waals surface area contributed by atoms with Crippen LogP contribution in [0.2, 0.25) is 5.02 Å². The van der Waals surface area contributed by atoms with Crippen LogP contribution in [0.25, 0.3) is 33.3 Å². The molecule has 1 aromatic heterocycles. The Bertz CT molecular complexity index is 1470. The van der Waals surface area contributed by atoms with Crippen molar-refractivity contribution < 1.29 is 9.18 Å². The lowest BCUT2D eigenvalue weighted by Crippen LogP contribution is -2.14. The zero-order valence-corrected chi connectivity index (χ0v) is 18.2. The monoisotopic (exact) mass is 452 g/mol. The van der Waals surface area contributed by atoms with Gasteiger partial charge in [0.25, 0.3) is 5.91 Å². The van der Waals surface area contributed by atoms with Crippen LogP contribution in [0.3, 0.4) is 0 Å². The van der Waals surface area contributed by atoms with E-state index >= 15 is 4.39 Å². The molecule has 4 aromatic carbocycles. The Morgan fingerprint density at radius 1 is 0.818 bits per heavy atom. The summed E-state index contributed by atoms with van der Waals surface area (Å²) in [4.78, 5) is 18.1. The van der Waals surface area contributed by atoms with E-state index in [1.54, 1.807) is 60.7 Å². The van der Waals surface area contributed by atoms with Gasteiger partial charge >= 0.3 is 0 Å². The van der Waals surface area contributed by atoms with E-state index in [0.717, 1.165) is 5.56 Å². The second-order valence-electron chi connectivity index (χ2n) is 7.54. The molecule has 5 aromatic rings. The number of nitrogens with one attached hydrogen (secondary N) is 1. The largest absolute Gasteiger partial charge is 0.320 e. The standard InChI is InChI=1S/C28H18ClFN2O/c29-20-15-16-24-22(17-20)25(21-13-7-8-14-23(21)30)27(26(31-24)18-9-3-1-4-10-18)32-28(33)19-11-5-2-6-12-19/h1-17H,(H,32,33). The predicted octanol–water partition coefficient (Wildman–Crippen LogP) is 7.61. The zero-order valence-electron chi connectivity index (χ0n) is 17.4. The topological polar surface area (TPSA) is 42.0 Å². The van der Waals surface area contributed by atoms with Crippen LogP contribution in [-0.4, -0.2) is 10.9 Å². The second-order valence-corrected chi connectivity index (χ2v) is 7.97. The third-order valence-electron chi connectivity index (χ3n) is 5.41. The summed E-state index contributed by atoms with van der Waals surface area (Å²) in [5, 5.41) is 4.16. The van der Waals surface area contributed by atoms with E-state index in [-0.39, 0.29) is 5.91 Å². The van der Waals surface area contributed by atoms with E-state index in [9.17, 15) is 4.79 Å². The van der Waals surface area contributed by atoms with Crippen molar-refractivity contribution in [2.45, 2.75) is 0 Å². The molecule has 5 rings (SSSR count). The molecule has 0 bridgehead atoms. The number of amides is 1. The van der Waals surface area contributed by atoms with Gasteiger partial charge in [0.2, 0.25) is 0 Å². The molecule has 33 heavy (non-hydrogen) atoms. The van der Waals surface area contributed by atoms with Crippen LogP contribution in [0.15, 0.2) is 103 Å². The van der Waals surface area contributed by atoms with Crippen LogP contribution in [-0.2, 0) is 0 Å². The molecule has 1 N–H and O–H groups in total. The van der Waals surface area contributed by atoms with Crippen molar-refractivity contribution in [1.29, 1.82) is 0 Å². The highest BCUT2D eigenvalue weighted by atomic mass is 35.5. The summed E-state index contributed by atoms with van der Waals surface area (Å²) in [5.74, 6) is -0.715. The lowest BCUT2D eigenvalue weighted by atomic mass is 9.95. The normalized spacial score (nSPS) is 10.8. The van der Waals surface area contributed by atoms with Gasteiger partial charge in [0.15, 0.2) is 0 Å². The Balaban J connectivity index is 1.85. The summed E-state index contributed by atoms with van der Waals surface area (Å²) >= 11 is 6.32. The molecule has 1 amide bonds. The van der Waals surface area contributed by atoms with Crippen molar-refractivity contribution in [3.8, 4) is 22.4 Å². The summed E-state index contributed by atoms with van der Waals surface area (Å²) in [7, 11) is 0. The first-order valence-corrected chi connectivity index (χ1v) is 10.8. The van der Waals surface area contributed by atoms with Gasteiger partial charge in [0.1, 0.15) is 5.82 Å². The van der Waals surface area contributed by atoms with Crippen LogP contribution >= 0.6 is 11.6 Å². The van der Waals surface area contributed by atoms with Crippen LogP contribution in [0.1, 0.15) is 10.4 Å². The molecule has 0 fully saturated rings. The Morgan fingerprint density at radius 3 is 2.21 bits per heavy atom. The number of hydrogen-bond donors (Lipinski definition) is 1. The molecule has 0 saturated heterocycles. The van der Waals surface area contributed by atoms with Crippen LogP contribution < -0.4 is 5.32 Å². The predicted molar refractivity (Wildman–Crippen MR) is 132 cm³/mol. The first-order valence-electron chi connectivity index (χ1n) is 10.4. The highest BCUT2D eigenvalue weighted by molar-refractivity contribution is 6.31. The number of fused-ring (bicyclic) bond motifs is 1. The number of halogens is 2. The molecule has 3 nitrogen and oxygen atoms in total. The Morgan fingerprint density at radius 2 is 1.48 bits per heavy atom. The molecular weight excluding hydrogens is 435 g/mol. The summed E-state index contributed by atoms with van der Waals surface area (Å²) in [6.07, 6.45) is 0. The van der Waals surface area contributed by atoms with Gasteiger partial charge in [0, 0.05) is 32.7 Å². The van der Waals surface area contributed by atoms with Crippen molar-refractivity contribution in [3.63, 3.8) is 0 Å². The fourth-order valence-electron chi connectivity index (χ4n) is 3.88. The van der Waals surface area contributed by atoms with E-state index in [1.807, 2.05) is 36.4 Å². The van der Waals surface area contributed by atoms with Gasteiger partial charge in [-0.2, -0.15) is 0 Å². The molecule has 1 heterocycles. The van der Waals surface area contributed by atoms with Gasteiger partial charge < -0.3 is 5.32 Å². The number of aromatic nitrogens is 1. The first kappa shape index (κ1) is 20.9. The van der Waals surface area contributed by atoms with Crippen molar-refractivity contribution >= 4 is 34.1 Å². The fraction of sp³-hybridized carbons (Fsp3) is 0. The van der Waals surface area contributed by atoms with Crippen LogP contribution in [0.4, 0.5) is 10.1 Å². The number of pyridine rings is 1. The van der Waals surface area contributed by atoms with Gasteiger partial charge in [-0.3, -0.25) is 4.79 Å². The number of carbonyl (C=O) groups excluding carboxylic acids is 1. The quantitative estimate of drug-likeness (QED) is 0.305. The van der Waals surface area contributed by atoms with Gasteiger partial charge in [-0.25, -0.2) is 9.37 Å². The lowest BCUT2D eigenvalue weighted by molar-refractivity contribution is 0.102. The fourth-order valence-corrected chi connectivity index (χ4v) is 4.05. The lowest BCUT2D eigenvalue weighted by Gasteiger charge is -2.19. The van der Waals surface area contributed by atoms with Crippen LogP contribution in [0, 0.1) is 5.82 Å². The third kappa shape index (κ3) is 4.09. The minimum atomic E-state index is -0.404. The Labute approximate surface area is 195 Å². The Kier molecular flexibility index (Phi) is 5.59. The molecule has 0 spiro atoms. The maximum atomic E-state index is 15.1. The minimum absolute atomic E-state index is 0.312. The molecular formula is C28H18ClFN2O. The molecule has 0 saturated carbocycles. The molecule has 0 atom stereocenters. The van der Waals surface area contributed by atoms with Gasteiger partial charge in [-0.1, -0.05) is 78.3 Å². The second kappa shape index (κ2) is 8.85. The molecule has 0 unspecified atom stereocenters. The highest BCUT2D eigenvalue weighted by Crippen LogP contribution is 2.42. The highest BCUT2D eigenvalue weighted by Gasteiger charge is 2.22. The molecule has 0 aliphatic heterocycles. The summed E-state index contributed by atoms with van der Waals surface area (Å²) in [5.41, 5.74) is 3.80. The van der Waals surface area contributed by atoms with E-state index in [1.165, 1.54) is 6.07 Å². The number of rotatable bonds is 4. The van der Waals surface area contributed by atoms with E-state index in [4.69, 9.17) is 16.6 Å². The summed E-state index contributed by atoms with van der Waals surface area (Å²) < 4.78 is 15.1. The summed E-state index contributed by atoms with van der Waals surface area (Å²) in [6, 6.07) is 30.2. The molecule has 5 heteroatoms. The van der Waals surface area contributed by atoms with Crippen molar-refractivity contribution in [1.82, 2.24) is 4.98 Å². The van der Waals surface area contributed by atoms with Gasteiger partial charge in [0.05, 0.1) is 16.9 Å². The molecule has 0 aliphatic rings. The number of carbonyl (C=O) groups is 1. The van der Waals surface area contributed by atoms with Gasteiger partial charge in [-0.05, 0) is 36.4 Å². The van der Waals surface area contributed by atoms with E-state index in [0.29, 0.717) is 44.0 Å². The summed E-state index contributed by atoms with van der Waals surface area (Å²) in [6.45, 7) is 0. The smallest absolute Gasteiger partial charge is 0.255 e. The molecule has 160 valence electrons. The maximum absolute atomic E-state index is 15.1. The van der Waals surface area contributed by atoms with Crippen molar-refractivity contribution in [2.75, 3.05) is 5.32 Å². The van der Waals surface area contributed by atoms with E-state index < -0.39 is 5.82 Å². The maximum Gasteiger partial charge on any atom is 0.255 e. The number of anilines is 1. The van der Waals surface area contributed by atoms with Crippen molar-refractivity contribution in [2.24, 2.45) is 0 Å². The zero-order chi connectivity index (χ0) is 22.8. The average Bonchev–Trinajstić information content (AvgIpc) is 2.85. The van der Waals surface area contributed by atoms with E-state index in [2.05, 4.69) is 5.32 Å². The Hall–Kier alpha value is -4.02. The van der Waals surface area contributed by atoms with Crippen molar-refractivity contribution in [3.05, 3.63) is 120 Å². The first-order chi connectivity index (χ1) is 16.1. The number of benzene rings is 4. The number of nitrogens with zero attached hydrogens (tertiary/aromatic N) is 1. The molecule has 0 aliphatic carbocycles. The van der Waals surface area contributed by atoms with Gasteiger partial charge in [-0.15, -0.1) is 0 Å². The third-order valence-corrected chi connectivity index (χ3v) is 5.65.